The number of thiophene rings is 1. The van der Waals surface area contributed by atoms with Crippen molar-refractivity contribution in [1.82, 2.24) is 9.97 Å². The second-order valence-electron chi connectivity index (χ2n) is 10.5. The molecule has 0 aliphatic carbocycles. The standard InChI is InChI=1S/C31H32N2S/c1-18(2)26-16-28(32-17-27(26)31(5,6)7)25-10-8-9-24-23-12-11-21(15-29(23)34-30(24)25)22-13-19(3)33-20(4)14-22/h8-18H,1-7H3/i18D. The lowest BCUT2D eigenvalue weighted by atomic mass is 9.81. The number of hydrogen-bond donors (Lipinski definition) is 0. The van der Waals surface area contributed by atoms with E-state index in [1.807, 2.05) is 45.2 Å². The van der Waals surface area contributed by atoms with Crippen LogP contribution >= 0.6 is 11.3 Å². The molecule has 0 saturated heterocycles. The van der Waals surface area contributed by atoms with Gasteiger partial charge in [-0.3, -0.25) is 9.97 Å². The summed E-state index contributed by atoms with van der Waals surface area (Å²) < 4.78 is 11.3. The lowest BCUT2D eigenvalue weighted by molar-refractivity contribution is 0.574. The van der Waals surface area contributed by atoms with Crippen molar-refractivity contribution in [2.24, 2.45) is 0 Å². The second kappa shape index (κ2) is 8.32. The first-order chi connectivity index (χ1) is 16.4. The number of benzene rings is 2. The molecule has 2 aromatic carbocycles. The molecule has 0 saturated carbocycles. The van der Waals surface area contributed by atoms with E-state index in [1.54, 1.807) is 0 Å². The third-order valence-electron chi connectivity index (χ3n) is 6.44. The lowest BCUT2D eigenvalue weighted by Gasteiger charge is -2.25. The molecule has 0 amide bonds. The van der Waals surface area contributed by atoms with Crippen LogP contribution in [0.3, 0.4) is 0 Å². The summed E-state index contributed by atoms with van der Waals surface area (Å²) in [7, 11) is 0. The van der Waals surface area contributed by atoms with E-state index in [4.69, 9.17) is 6.35 Å². The molecule has 0 aliphatic rings. The van der Waals surface area contributed by atoms with E-state index in [0.717, 1.165) is 33.8 Å². The first-order valence-electron chi connectivity index (χ1n) is 12.3. The Labute approximate surface area is 208 Å². The predicted molar refractivity (Wildman–Crippen MR) is 148 cm³/mol. The molecular weight excluding hydrogens is 432 g/mol. The third-order valence-corrected chi connectivity index (χ3v) is 7.64. The fourth-order valence-corrected chi connectivity index (χ4v) is 6.06. The van der Waals surface area contributed by atoms with Gasteiger partial charge in [0.2, 0.25) is 0 Å². The van der Waals surface area contributed by atoms with Crippen LogP contribution in [0, 0.1) is 13.8 Å². The van der Waals surface area contributed by atoms with Gasteiger partial charge in [-0.15, -0.1) is 11.3 Å². The van der Waals surface area contributed by atoms with E-state index in [2.05, 4.69) is 80.4 Å². The quantitative estimate of drug-likeness (QED) is 0.265. The molecular formula is C31H32N2S. The molecule has 0 radical (unpaired) electrons. The summed E-state index contributed by atoms with van der Waals surface area (Å²) in [5, 5.41) is 2.52. The number of aromatic nitrogens is 2. The van der Waals surface area contributed by atoms with E-state index >= 15 is 0 Å². The van der Waals surface area contributed by atoms with Crippen molar-refractivity contribution in [3.63, 3.8) is 0 Å². The summed E-state index contributed by atoms with van der Waals surface area (Å²) in [6.45, 7) is 14.6. The molecule has 0 unspecified atom stereocenters. The van der Waals surface area contributed by atoms with Crippen molar-refractivity contribution in [1.29, 1.82) is 0 Å². The summed E-state index contributed by atoms with van der Waals surface area (Å²) in [5.74, 6) is -0.704. The molecule has 3 heterocycles. The van der Waals surface area contributed by atoms with E-state index in [1.165, 1.54) is 31.3 Å². The Bertz CT molecular complexity index is 1560. The maximum atomic E-state index is 8.81. The van der Waals surface area contributed by atoms with Gasteiger partial charge in [0, 0.05) is 44.7 Å². The number of fused-ring (bicyclic) bond motifs is 3. The fourth-order valence-electron chi connectivity index (χ4n) is 4.79. The average Bonchev–Trinajstić information content (AvgIpc) is 3.15. The summed E-state index contributed by atoms with van der Waals surface area (Å²) in [4.78, 5) is 9.44. The van der Waals surface area contributed by atoms with Gasteiger partial charge in [-0.05, 0) is 71.7 Å². The summed E-state index contributed by atoms with van der Waals surface area (Å²) >= 11 is 1.82. The van der Waals surface area contributed by atoms with Crippen LogP contribution in [0.1, 0.15) is 64.4 Å². The summed E-state index contributed by atoms with van der Waals surface area (Å²) in [5.41, 5.74) is 8.67. The van der Waals surface area contributed by atoms with Crippen LogP contribution in [0.25, 0.3) is 42.6 Å². The minimum atomic E-state index is -0.704. The van der Waals surface area contributed by atoms with Gasteiger partial charge in [0.05, 0.1) is 5.69 Å². The van der Waals surface area contributed by atoms with E-state index in [0.29, 0.717) is 0 Å². The highest BCUT2D eigenvalue weighted by atomic mass is 32.1. The van der Waals surface area contributed by atoms with Crippen molar-refractivity contribution in [2.45, 2.75) is 59.8 Å². The van der Waals surface area contributed by atoms with Crippen molar-refractivity contribution in [3.05, 3.63) is 83.3 Å². The maximum absolute atomic E-state index is 8.81. The normalized spacial score (nSPS) is 13.0. The fraction of sp³-hybridized carbons (Fsp3) is 0.290. The highest BCUT2D eigenvalue weighted by molar-refractivity contribution is 7.26. The zero-order valence-electron chi connectivity index (χ0n) is 22.1. The van der Waals surface area contributed by atoms with Gasteiger partial charge in [0.25, 0.3) is 0 Å². The van der Waals surface area contributed by atoms with Crippen LogP contribution in [0.4, 0.5) is 0 Å². The summed E-state index contributed by atoms with van der Waals surface area (Å²) in [6, 6.07) is 19.7. The molecule has 5 aromatic rings. The zero-order valence-corrected chi connectivity index (χ0v) is 21.9. The molecule has 5 rings (SSSR count). The minimum absolute atomic E-state index is 0.0666. The van der Waals surface area contributed by atoms with E-state index in [9.17, 15) is 0 Å². The van der Waals surface area contributed by atoms with Gasteiger partial charge < -0.3 is 0 Å². The molecule has 0 spiro atoms. The zero-order chi connectivity index (χ0) is 25.1. The monoisotopic (exact) mass is 465 g/mol. The Morgan fingerprint density at radius 1 is 0.882 bits per heavy atom. The van der Waals surface area contributed by atoms with Gasteiger partial charge in [-0.25, -0.2) is 0 Å². The Morgan fingerprint density at radius 2 is 1.62 bits per heavy atom. The van der Waals surface area contributed by atoms with Gasteiger partial charge in [-0.1, -0.05) is 65.0 Å². The van der Waals surface area contributed by atoms with Crippen molar-refractivity contribution in [2.75, 3.05) is 0 Å². The maximum Gasteiger partial charge on any atom is 0.0719 e. The Kier molecular flexibility index (Phi) is 5.26. The van der Waals surface area contributed by atoms with E-state index < -0.39 is 5.89 Å². The van der Waals surface area contributed by atoms with Crippen LogP contribution < -0.4 is 0 Å². The Balaban J connectivity index is 1.70. The summed E-state index contributed by atoms with van der Waals surface area (Å²) in [6.07, 6.45) is 1.99. The highest BCUT2D eigenvalue weighted by Gasteiger charge is 2.21. The van der Waals surface area contributed by atoms with E-state index in [-0.39, 0.29) is 5.41 Å². The topological polar surface area (TPSA) is 25.8 Å². The van der Waals surface area contributed by atoms with Crippen LogP contribution in [-0.4, -0.2) is 9.97 Å². The molecule has 0 bridgehead atoms. The molecule has 0 aliphatic heterocycles. The first-order valence-corrected chi connectivity index (χ1v) is 12.7. The largest absolute Gasteiger partial charge is 0.258 e. The third kappa shape index (κ3) is 4.03. The van der Waals surface area contributed by atoms with Crippen LogP contribution in [0.5, 0.6) is 0 Å². The molecule has 0 fully saturated rings. The molecule has 0 N–H and O–H groups in total. The van der Waals surface area contributed by atoms with Crippen molar-refractivity contribution < 1.29 is 1.37 Å². The molecule has 172 valence electrons. The van der Waals surface area contributed by atoms with Gasteiger partial charge in [-0.2, -0.15) is 0 Å². The highest BCUT2D eigenvalue weighted by Crippen LogP contribution is 2.42. The number of aryl methyl sites for hydroxylation is 2. The Hall–Kier alpha value is -3.04. The molecule has 3 heteroatoms. The first kappa shape index (κ1) is 21.5. The Morgan fingerprint density at radius 3 is 2.29 bits per heavy atom. The molecule has 2 nitrogen and oxygen atoms in total. The number of hydrogen-bond acceptors (Lipinski definition) is 3. The smallest absolute Gasteiger partial charge is 0.0719 e. The lowest BCUT2D eigenvalue weighted by Crippen LogP contribution is -2.15. The van der Waals surface area contributed by atoms with Gasteiger partial charge >= 0.3 is 0 Å². The van der Waals surface area contributed by atoms with Crippen LogP contribution in [0.15, 0.2) is 60.8 Å². The second-order valence-corrected chi connectivity index (χ2v) is 11.6. The minimum Gasteiger partial charge on any atom is -0.258 e. The number of rotatable bonds is 3. The van der Waals surface area contributed by atoms with Crippen molar-refractivity contribution in [3.8, 4) is 22.4 Å². The van der Waals surface area contributed by atoms with Gasteiger partial charge in [0.15, 0.2) is 0 Å². The average molecular weight is 466 g/mol. The molecule has 34 heavy (non-hydrogen) atoms. The SMILES string of the molecule is [2H]C(C)(C)c1cc(-c2cccc3c2sc2cc(-c4cc(C)nc(C)c4)ccc23)ncc1C(C)(C)C. The number of nitrogens with zero attached hydrogens (tertiary/aromatic N) is 2. The van der Waals surface area contributed by atoms with Gasteiger partial charge in [0.1, 0.15) is 0 Å². The van der Waals surface area contributed by atoms with Crippen molar-refractivity contribution >= 4 is 31.5 Å². The van der Waals surface area contributed by atoms with Crippen LogP contribution in [-0.2, 0) is 5.41 Å². The number of pyridine rings is 2. The molecule has 3 aromatic heterocycles. The molecule has 0 atom stereocenters. The van der Waals surface area contributed by atoms with Crippen LogP contribution in [0.2, 0.25) is 0 Å². The predicted octanol–water partition coefficient (Wildman–Crippen LogP) is 9.22.